The molecule has 0 radical (unpaired) electrons. The number of ether oxygens (including phenoxy) is 1. The predicted octanol–water partition coefficient (Wildman–Crippen LogP) is 1.40. The monoisotopic (exact) mass is 260 g/mol. The van der Waals surface area contributed by atoms with Crippen molar-refractivity contribution in [2.75, 3.05) is 26.7 Å². The van der Waals surface area contributed by atoms with Crippen LogP contribution in [0.15, 0.2) is 18.2 Å². The number of nitrogens with one attached hydrogen (secondary N) is 1. The highest BCUT2D eigenvalue weighted by Gasteiger charge is 2.27. The number of hydrogen-bond donors (Lipinski definition) is 1. The molecule has 0 spiro atoms. The van der Waals surface area contributed by atoms with E-state index in [0.717, 1.165) is 37.2 Å². The number of carbonyl (C=O) groups excluding carboxylic acids is 1. The molecule has 2 aliphatic rings. The second-order valence-electron chi connectivity index (χ2n) is 5.44. The third kappa shape index (κ3) is 2.51. The topological polar surface area (TPSA) is 41.6 Å². The van der Waals surface area contributed by atoms with Gasteiger partial charge >= 0.3 is 0 Å². The maximum absolute atomic E-state index is 12.5. The van der Waals surface area contributed by atoms with Crippen LogP contribution in [0.25, 0.3) is 0 Å². The van der Waals surface area contributed by atoms with Crippen molar-refractivity contribution < 1.29 is 9.53 Å². The summed E-state index contributed by atoms with van der Waals surface area (Å²) in [5, 5.41) is 3.19. The van der Waals surface area contributed by atoms with Gasteiger partial charge in [-0.1, -0.05) is 6.07 Å². The van der Waals surface area contributed by atoms with Crippen molar-refractivity contribution in [2.45, 2.75) is 19.6 Å². The van der Waals surface area contributed by atoms with E-state index in [1.54, 1.807) is 0 Å². The smallest absolute Gasteiger partial charge is 0.253 e. The number of carbonyl (C=O) groups is 1. The van der Waals surface area contributed by atoms with Crippen molar-refractivity contribution in [1.29, 1.82) is 0 Å². The number of fused-ring (bicyclic) bond motifs is 1. The fraction of sp³-hybridized carbons (Fsp3) is 0.533. The summed E-state index contributed by atoms with van der Waals surface area (Å²) in [6.45, 7) is 4.05. The molecule has 0 aliphatic carbocycles. The lowest BCUT2D eigenvalue weighted by Gasteiger charge is -2.17. The molecule has 0 saturated carbocycles. The summed E-state index contributed by atoms with van der Waals surface area (Å²) in [5.74, 6) is 0.750. The number of hydrogen-bond acceptors (Lipinski definition) is 3. The van der Waals surface area contributed by atoms with E-state index in [-0.39, 0.29) is 5.91 Å². The fourth-order valence-corrected chi connectivity index (χ4v) is 2.96. The molecule has 1 fully saturated rings. The van der Waals surface area contributed by atoms with Gasteiger partial charge in [0, 0.05) is 18.7 Å². The second kappa shape index (κ2) is 5.31. The summed E-state index contributed by atoms with van der Waals surface area (Å²) in [5.41, 5.74) is 3.18. The van der Waals surface area contributed by atoms with E-state index in [9.17, 15) is 4.79 Å². The highest BCUT2D eigenvalue weighted by atomic mass is 16.5. The van der Waals surface area contributed by atoms with Crippen LogP contribution in [0.1, 0.15) is 27.9 Å². The quantitative estimate of drug-likeness (QED) is 0.893. The first-order chi connectivity index (χ1) is 9.28. The minimum atomic E-state index is 0.160. The van der Waals surface area contributed by atoms with Crippen LogP contribution in [0.4, 0.5) is 0 Å². The molecule has 0 aromatic heterocycles. The molecule has 1 amide bonds. The van der Waals surface area contributed by atoms with Gasteiger partial charge in [0.2, 0.25) is 0 Å². The van der Waals surface area contributed by atoms with Crippen LogP contribution in [0.3, 0.4) is 0 Å². The van der Waals surface area contributed by atoms with Crippen LogP contribution in [0.2, 0.25) is 0 Å². The minimum absolute atomic E-state index is 0.160. The van der Waals surface area contributed by atoms with Crippen LogP contribution >= 0.6 is 0 Å². The summed E-state index contributed by atoms with van der Waals surface area (Å²) in [6, 6.07) is 5.95. The van der Waals surface area contributed by atoms with E-state index >= 15 is 0 Å². The molecule has 4 nitrogen and oxygen atoms in total. The lowest BCUT2D eigenvalue weighted by atomic mass is 10.1. The van der Waals surface area contributed by atoms with Gasteiger partial charge in [-0.05, 0) is 49.2 Å². The Morgan fingerprint density at radius 2 is 2.26 bits per heavy atom. The molecule has 2 heterocycles. The Bertz CT molecular complexity index is 487. The molecular weight excluding hydrogens is 240 g/mol. The van der Waals surface area contributed by atoms with Crippen LogP contribution in [0, 0.1) is 5.92 Å². The summed E-state index contributed by atoms with van der Waals surface area (Å²) in [7, 11) is 1.96. The van der Waals surface area contributed by atoms with Crippen molar-refractivity contribution in [3.05, 3.63) is 34.9 Å². The number of likely N-dealkylation sites (tertiary alicyclic amines) is 1. The molecule has 4 heteroatoms. The van der Waals surface area contributed by atoms with Crippen molar-refractivity contribution in [3.63, 3.8) is 0 Å². The standard InChI is InChI=1S/C15H20N2O2/c1-16-7-11-4-5-17(8-11)15(18)12-2-3-13-9-19-10-14(13)6-12/h2-3,6,11,16H,4-5,7-10H2,1H3. The molecule has 1 N–H and O–H groups in total. The maximum atomic E-state index is 12.5. The van der Waals surface area contributed by atoms with Crippen molar-refractivity contribution in [2.24, 2.45) is 5.92 Å². The molecule has 3 rings (SSSR count). The third-order valence-corrected chi connectivity index (χ3v) is 4.03. The van der Waals surface area contributed by atoms with Crippen molar-refractivity contribution in [3.8, 4) is 0 Å². The lowest BCUT2D eigenvalue weighted by molar-refractivity contribution is 0.0787. The van der Waals surface area contributed by atoms with E-state index < -0.39 is 0 Å². The first-order valence-corrected chi connectivity index (χ1v) is 6.91. The van der Waals surface area contributed by atoms with E-state index in [1.807, 2.05) is 30.1 Å². The average molecular weight is 260 g/mol. The molecule has 1 aromatic rings. The van der Waals surface area contributed by atoms with E-state index in [2.05, 4.69) is 5.32 Å². The third-order valence-electron chi connectivity index (χ3n) is 4.03. The molecule has 102 valence electrons. The van der Waals surface area contributed by atoms with Gasteiger partial charge in [-0.25, -0.2) is 0 Å². The van der Waals surface area contributed by atoms with Gasteiger partial charge in [-0.2, -0.15) is 0 Å². The molecular formula is C15H20N2O2. The summed E-state index contributed by atoms with van der Waals surface area (Å²) in [4.78, 5) is 14.4. The van der Waals surface area contributed by atoms with Gasteiger partial charge in [-0.15, -0.1) is 0 Å². The molecule has 19 heavy (non-hydrogen) atoms. The predicted molar refractivity (Wildman–Crippen MR) is 72.9 cm³/mol. The second-order valence-corrected chi connectivity index (χ2v) is 5.44. The maximum Gasteiger partial charge on any atom is 0.253 e. The fourth-order valence-electron chi connectivity index (χ4n) is 2.96. The van der Waals surface area contributed by atoms with E-state index in [0.29, 0.717) is 19.1 Å². The molecule has 1 saturated heterocycles. The Morgan fingerprint density at radius 1 is 1.42 bits per heavy atom. The zero-order chi connectivity index (χ0) is 13.2. The summed E-state index contributed by atoms with van der Waals surface area (Å²) < 4.78 is 5.39. The van der Waals surface area contributed by atoms with Crippen LogP contribution in [-0.4, -0.2) is 37.5 Å². The normalized spacial score (nSPS) is 21.7. The van der Waals surface area contributed by atoms with Crippen LogP contribution in [-0.2, 0) is 18.0 Å². The van der Waals surface area contributed by atoms with Crippen LogP contribution < -0.4 is 5.32 Å². The minimum Gasteiger partial charge on any atom is -0.372 e. The number of benzene rings is 1. The van der Waals surface area contributed by atoms with Gasteiger partial charge in [0.25, 0.3) is 5.91 Å². The van der Waals surface area contributed by atoms with Gasteiger partial charge in [0.15, 0.2) is 0 Å². The molecule has 1 atom stereocenters. The Labute approximate surface area is 113 Å². The van der Waals surface area contributed by atoms with E-state index in [4.69, 9.17) is 4.74 Å². The van der Waals surface area contributed by atoms with Gasteiger partial charge in [0.1, 0.15) is 0 Å². The van der Waals surface area contributed by atoms with Gasteiger partial charge < -0.3 is 15.0 Å². The van der Waals surface area contributed by atoms with Gasteiger partial charge in [0.05, 0.1) is 13.2 Å². The Kier molecular flexibility index (Phi) is 3.53. The Hall–Kier alpha value is -1.39. The molecule has 0 bridgehead atoms. The molecule has 1 aromatic carbocycles. The largest absolute Gasteiger partial charge is 0.372 e. The Morgan fingerprint density at radius 3 is 3.11 bits per heavy atom. The highest BCUT2D eigenvalue weighted by molar-refractivity contribution is 5.94. The Balaban J connectivity index is 1.71. The van der Waals surface area contributed by atoms with Crippen molar-refractivity contribution >= 4 is 5.91 Å². The average Bonchev–Trinajstić information content (AvgIpc) is 3.05. The number of amides is 1. The van der Waals surface area contributed by atoms with Crippen LogP contribution in [0.5, 0.6) is 0 Å². The zero-order valence-corrected chi connectivity index (χ0v) is 11.3. The SMILES string of the molecule is CNCC1CCN(C(=O)c2ccc3c(c2)COC3)C1. The van der Waals surface area contributed by atoms with Gasteiger partial charge in [-0.3, -0.25) is 4.79 Å². The lowest BCUT2D eigenvalue weighted by Crippen LogP contribution is -2.30. The first kappa shape index (κ1) is 12.6. The summed E-state index contributed by atoms with van der Waals surface area (Å²) >= 11 is 0. The summed E-state index contributed by atoms with van der Waals surface area (Å²) in [6.07, 6.45) is 1.10. The number of nitrogens with zero attached hydrogens (tertiary/aromatic N) is 1. The molecule has 2 aliphatic heterocycles. The van der Waals surface area contributed by atoms with Crippen molar-refractivity contribution in [1.82, 2.24) is 10.2 Å². The zero-order valence-electron chi connectivity index (χ0n) is 11.3. The highest BCUT2D eigenvalue weighted by Crippen LogP contribution is 2.23. The number of rotatable bonds is 3. The first-order valence-electron chi connectivity index (χ1n) is 6.91. The molecule has 1 unspecified atom stereocenters. The van der Waals surface area contributed by atoms with E-state index in [1.165, 1.54) is 5.56 Å².